The van der Waals surface area contributed by atoms with E-state index in [1.54, 1.807) is 6.07 Å². The predicted octanol–water partition coefficient (Wildman–Crippen LogP) is 2.59. The van der Waals surface area contributed by atoms with Crippen LogP contribution in [-0.2, 0) is 6.54 Å². The summed E-state index contributed by atoms with van der Waals surface area (Å²) in [6.07, 6.45) is 2.38. The van der Waals surface area contributed by atoms with Gasteiger partial charge in [-0.05, 0) is 43.0 Å². The minimum atomic E-state index is -0.178. The van der Waals surface area contributed by atoms with Crippen LogP contribution in [0.5, 0.6) is 0 Å². The van der Waals surface area contributed by atoms with E-state index in [1.165, 1.54) is 18.4 Å². The van der Waals surface area contributed by atoms with Crippen molar-refractivity contribution in [3.8, 4) is 0 Å². The molecule has 102 valence electrons. The molecule has 0 unspecified atom stereocenters. The first-order chi connectivity index (χ1) is 9.74. The normalized spacial score (nSPS) is 14.1. The fourth-order valence-electron chi connectivity index (χ4n) is 2.14. The highest BCUT2D eigenvalue weighted by atomic mass is 16.1. The van der Waals surface area contributed by atoms with Gasteiger partial charge in [0.05, 0.1) is 5.69 Å². The Hall–Kier alpha value is -2.23. The van der Waals surface area contributed by atoms with Crippen LogP contribution in [0.2, 0.25) is 0 Å². The fourth-order valence-corrected chi connectivity index (χ4v) is 2.14. The molecule has 0 atom stereocenters. The molecule has 20 heavy (non-hydrogen) atoms. The second-order valence-corrected chi connectivity index (χ2v) is 5.23. The van der Waals surface area contributed by atoms with Crippen LogP contribution in [0, 0.1) is 6.92 Å². The summed E-state index contributed by atoms with van der Waals surface area (Å²) in [5, 5.41) is 11.0. The van der Waals surface area contributed by atoms with E-state index in [1.807, 2.05) is 37.3 Å². The van der Waals surface area contributed by atoms with E-state index in [4.69, 9.17) is 0 Å². The summed E-state index contributed by atoms with van der Waals surface area (Å²) in [6, 6.07) is 11.7. The minimum Gasteiger partial charge on any atom is -0.347 e. The standard InChI is InChI=1S/C16H17N3O/c1-11-4-2-3-5-13(11)10-17-16(20)15-9-8-14(18-19-15)12-6-7-12/h2-5,8-9,12H,6-7,10H2,1H3,(H,17,20). The number of nitrogens with zero attached hydrogens (tertiary/aromatic N) is 2. The topological polar surface area (TPSA) is 54.9 Å². The van der Waals surface area contributed by atoms with Crippen LogP contribution in [0.1, 0.15) is 46.1 Å². The summed E-state index contributed by atoms with van der Waals surface area (Å²) in [7, 11) is 0. The molecular weight excluding hydrogens is 250 g/mol. The Morgan fingerprint density at radius 2 is 2.00 bits per heavy atom. The number of benzene rings is 1. The van der Waals surface area contributed by atoms with Crippen LogP contribution in [-0.4, -0.2) is 16.1 Å². The molecule has 1 aliphatic carbocycles. The summed E-state index contributed by atoms with van der Waals surface area (Å²) < 4.78 is 0. The lowest BCUT2D eigenvalue weighted by atomic mass is 10.1. The molecule has 0 saturated heterocycles. The number of hydrogen-bond acceptors (Lipinski definition) is 3. The lowest BCUT2D eigenvalue weighted by molar-refractivity contribution is 0.0944. The highest BCUT2D eigenvalue weighted by molar-refractivity contribution is 5.92. The molecule has 1 N–H and O–H groups in total. The largest absolute Gasteiger partial charge is 0.347 e. The van der Waals surface area contributed by atoms with Gasteiger partial charge in [0.2, 0.25) is 0 Å². The quantitative estimate of drug-likeness (QED) is 0.926. The van der Waals surface area contributed by atoms with Gasteiger partial charge in [-0.15, -0.1) is 5.10 Å². The van der Waals surface area contributed by atoms with Crippen LogP contribution < -0.4 is 5.32 Å². The molecule has 1 aliphatic rings. The van der Waals surface area contributed by atoms with Crippen molar-refractivity contribution < 1.29 is 4.79 Å². The Morgan fingerprint density at radius 3 is 2.65 bits per heavy atom. The van der Waals surface area contributed by atoms with Crippen molar-refractivity contribution in [2.45, 2.75) is 32.2 Å². The lowest BCUT2D eigenvalue weighted by Gasteiger charge is -2.07. The number of carbonyl (C=O) groups excluding carboxylic acids is 1. The highest BCUT2D eigenvalue weighted by Gasteiger charge is 2.25. The molecule has 0 radical (unpaired) electrons. The third kappa shape index (κ3) is 2.85. The van der Waals surface area contributed by atoms with Crippen molar-refractivity contribution in [2.24, 2.45) is 0 Å². The summed E-state index contributed by atoms with van der Waals surface area (Å²) >= 11 is 0. The van der Waals surface area contributed by atoms with Gasteiger partial charge in [-0.25, -0.2) is 0 Å². The SMILES string of the molecule is Cc1ccccc1CNC(=O)c1ccc(C2CC2)nn1. The lowest BCUT2D eigenvalue weighted by Crippen LogP contribution is -2.24. The molecule has 1 amide bonds. The summed E-state index contributed by atoms with van der Waals surface area (Å²) in [5.74, 6) is 0.384. The maximum Gasteiger partial charge on any atom is 0.272 e. The van der Waals surface area contributed by atoms with Gasteiger partial charge in [-0.3, -0.25) is 4.79 Å². The average Bonchev–Trinajstić information content (AvgIpc) is 3.31. The molecule has 0 aliphatic heterocycles. The number of rotatable bonds is 4. The predicted molar refractivity (Wildman–Crippen MR) is 76.4 cm³/mol. The number of amides is 1. The van der Waals surface area contributed by atoms with E-state index in [2.05, 4.69) is 15.5 Å². The molecule has 0 bridgehead atoms. The number of nitrogens with one attached hydrogen (secondary N) is 1. The number of aromatic nitrogens is 2. The van der Waals surface area contributed by atoms with Crippen molar-refractivity contribution in [3.63, 3.8) is 0 Å². The number of carbonyl (C=O) groups is 1. The molecule has 3 rings (SSSR count). The Morgan fingerprint density at radius 1 is 1.20 bits per heavy atom. The van der Waals surface area contributed by atoms with Crippen molar-refractivity contribution in [1.82, 2.24) is 15.5 Å². The van der Waals surface area contributed by atoms with Crippen LogP contribution in [0.4, 0.5) is 0 Å². The summed E-state index contributed by atoms with van der Waals surface area (Å²) in [5.41, 5.74) is 3.66. The third-order valence-corrected chi connectivity index (χ3v) is 3.61. The van der Waals surface area contributed by atoms with E-state index < -0.39 is 0 Å². The molecule has 1 aromatic heterocycles. The molecule has 4 nitrogen and oxygen atoms in total. The maximum absolute atomic E-state index is 12.0. The zero-order chi connectivity index (χ0) is 13.9. The zero-order valence-electron chi connectivity index (χ0n) is 11.5. The molecular formula is C16H17N3O. The van der Waals surface area contributed by atoms with E-state index >= 15 is 0 Å². The molecule has 4 heteroatoms. The van der Waals surface area contributed by atoms with Gasteiger partial charge in [-0.2, -0.15) is 5.10 Å². The zero-order valence-corrected chi connectivity index (χ0v) is 11.5. The Kier molecular flexibility index (Phi) is 3.46. The number of hydrogen-bond donors (Lipinski definition) is 1. The Labute approximate surface area is 118 Å². The Balaban J connectivity index is 1.62. The summed E-state index contributed by atoms with van der Waals surface area (Å²) in [6.45, 7) is 2.54. The van der Waals surface area contributed by atoms with Crippen LogP contribution in [0.25, 0.3) is 0 Å². The van der Waals surface area contributed by atoms with Crippen molar-refractivity contribution in [1.29, 1.82) is 0 Å². The second-order valence-electron chi connectivity index (χ2n) is 5.23. The first-order valence-corrected chi connectivity index (χ1v) is 6.90. The average molecular weight is 267 g/mol. The van der Waals surface area contributed by atoms with E-state index in [0.29, 0.717) is 18.2 Å². The first kappa shape index (κ1) is 12.8. The number of aryl methyl sites for hydroxylation is 1. The van der Waals surface area contributed by atoms with Crippen LogP contribution >= 0.6 is 0 Å². The second kappa shape index (κ2) is 5.41. The van der Waals surface area contributed by atoms with Gasteiger partial charge in [0.1, 0.15) is 0 Å². The van der Waals surface area contributed by atoms with Crippen LogP contribution in [0.15, 0.2) is 36.4 Å². The van der Waals surface area contributed by atoms with Gasteiger partial charge < -0.3 is 5.32 Å². The van der Waals surface area contributed by atoms with E-state index in [0.717, 1.165) is 11.3 Å². The maximum atomic E-state index is 12.0. The van der Waals surface area contributed by atoms with Gasteiger partial charge in [0.25, 0.3) is 5.91 Å². The van der Waals surface area contributed by atoms with Crippen LogP contribution in [0.3, 0.4) is 0 Å². The molecule has 2 aromatic rings. The molecule has 1 fully saturated rings. The van der Waals surface area contributed by atoms with Crippen molar-refractivity contribution >= 4 is 5.91 Å². The van der Waals surface area contributed by atoms with Gasteiger partial charge in [0.15, 0.2) is 5.69 Å². The van der Waals surface area contributed by atoms with Gasteiger partial charge >= 0.3 is 0 Å². The van der Waals surface area contributed by atoms with Crippen molar-refractivity contribution in [3.05, 3.63) is 58.9 Å². The third-order valence-electron chi connectivity index (χ3n) is 3.61. The minimum absolute atomic E-state index is 0.178. The van der Waals surface area contributed by atoms with E-state index in [9.17, 15) is 4.79 Å². The molecule has 0 spiro atoms. The molecule has 1 heterocycles. The smallest absolute Gasteiger partial charge is 0.272 e. The van der Waals surface area contributed by atoms with Crippen molar-refractivity contribution in [2.75, 3.05) is 0 Å². The molecule has 1 aromatic carbocycles. The fraction of sp³-hybridized carbons (Fsp3) is 0.312. The monoisotopic (exact) mass is 267 g/mol. The van der Waals surface area contributed by atoms with E-state index in [-0.39, 0.29) is 5.91 Å². The highest BCUT2D eigenvalue weighted by Crippen LogP contribution is 2.38. The van der Waals surface area contributed by atoms with Gasteiger partial charge in [0, 0.05) is 12.5 Å². The van der Waals surface area contributed by atoms with Gasteiger partial charge in [-0.1, -0.05) is 24.3 Å². The molecule has 1 saturated carbocycles. The first-order valence-electron chi connectivity index (χ1n) is 6.90. The summed E-state index contributed by atoms with van der Waals surface area (Å²) in [4.78, 5) is 12.0. The Bertz CT molecular complexity index is 618.